The molecule has 1 amide bonds. The molecule has 2 aromatic heterocycles. The molecule has 0 bridgehead atoms. The number of aromatic amines is 1. The van der Waals surface area contributed by atoms with E-state index in [0.717, 1.165) is 29.2 Å². The van der Waals surface area contributed by atoms with Gasteiger partial charge in [0.15, 0.2) is 5.16 Å². The van der Waals surface area contributed by atoms with Gasteiger partial charge in [0.05, 0.1) is 12.9 Å². The Hall–Kier alpha value is -3.26. The van der Waals surface area contributed by atoms with E-state index in [-0.39, 0.29) is 11.7 Å². The van der Waals surface area contributed by atoms with Crippen LogP contribution >= 0.6 is 11.8 Å². The van der Waals surface area contributed by atoms with Gasteiger partial charge in [0, 0.05) is 29.3 Å². The number of ether oxygens (including phenoxy) is 1. The van der Waals surface area contributed by atoms with E-state index in [2.05, 4.69) is 32.6 Å². The number of methoxy groups -OCH3 is 1. The van der Waals surface area contributed by atoms with Crippen molar-refractivity contribution >= 4 is 28.6 Å². The van der Waals surface area contributed by atoms with Gasteiger partial charge in [-0.1, -0.05) is 30.0 Å². The van der Waals surface area contributed by atoms with Gasteiger partial charge in [-0.05, 0) is 49.2 Å². The van der Waals surface area contributed by atoms with E-state index in [1.54, 1.807) is 7.11 Å². The number of carbonyl (C=O) groups is 1. The molecule has 0 aliphatic rings. The third kappa shape index (κ3) is 4.33. The molecule has 0 saturated heterocycles. The number of benzene rings is 2. The second-order valence-electron chi connectivity index (χ2n) is 6.81. The summed E-state index contributed by atoms with van der Waals surface area (Å²) in [6.07, 6.45) is 2.78. The number of H-pyrrole nitrogens is 1. The summed E-state index contributed by atoms with van der Waals surface area (Å²) in [5, 5.41) is 13.3. The van der Waals surface area contributed by atoms with Crippen LogP contribution in [0.1, 0.15) is 11.4 Å². The zero-order valence-corrected chi connectivity index (χ0v) is 17.7. The highest BCUT2D eigenvalue weighted by molar-refractivity contribution is 7.99. The zero-order chi connectivity index (χ0) is 20.9. The molecule has 0 fully saturated rings. The summed E-state index contributed by atoms with van der Waals surface area (Å²) < 4.78 is 7.15. The lowest BCUT2D eigenvalue weighted by Crippen LogP contribution is -2.27. The summed E-state index contributed by atoms with van der Waals surface area (Å²) in [7, 11) is 1.64. The molecule has 4 aromatic rings. The van der Waals surface area contributed by atoms with Crippen LogP contribution in [0, 0.1) is 6.92 Å². The highest BCUT2D eigenvalue weighted by Gasteiger charge is 2.13. The minimum atomic E-state index is -0.0261. The van der Waals surface area contributed by atoms with Gasteiger partial charge >= 0.3 is 0 Å². The smallest absolute Gasteiger partial charge is 0.230 e. The Bertz CT molecular complexity index is 1150. The molecule has 2 aromatic carbocycles. The largest absolute Gasteiger partial charge is 0.497 e. The third-order valence-corrected chi connectivity index (χ3v) is 5.78. The second kappa shape index (κ2) is 9.04. The van der Waals surface area contributed by atoms with Crippen molar-refractivity contribution in [3.8, 4) is 11.4 Å². The van der Waals surface area contributed by atoms with Crippen LogP contribution in [0.3, 0.4) is 0 Å². The summed E-state index contributed by atoms with van der Waals surface area (Å²) >= 11 is 1.37. The third-order valence-electron chi connectivity index (χ3n) is 4.85. The summed E-state index contributed by atoms with van der Waals surface area (Å²) in [5.41, 5.74) is 3.25. The number of nitrogens with zero attached hydrogens (tertiary/aromatic N) is 3. The molecule has 0 aliphatic heterocycles. The van der Waals surface area contributed by atoms with Crippen LogP contribution in [-0.2, 0) is 11.2 Å². The predicted octanol–water partition coefficient (Wildman–Crippen LogP) is 3.52. The molecule has 154 valence electrons. The van der Waals surface area contributed by atoms with E-state index in [0.29, 0.717) is 11.7 Å². The highest BCUT2D eigenvalue weighted by Crippen LogP contribution is 2.23. The summed E-state index contributed by atoms with van der Waals surface area (Å²) in [6, 6.07) is 15.8. The maximum absolute atomic E-state index is 12.3. The van der Waals surface area contributed by atoms with Crippen LogP contribution in [0.5, 0.6) is 5.75 Å². The average Bonchev–Trinajstić information content (AvgIpc) is 3.36. The number of rotatable bonds is 8. The van der Waals surface area contributed by atoms with Crippen LogP contribution in [0.15, 0.2) is 59.9 Å². The molecule has 7 nitrogen and oxygen atoms in total. The van der Waals surface area contributed by atoms with Crippen molar-refractivity contribution in [1.29, 1.82) is 0 Å². The molecule has 0 radical (unpaired) electrons. The molecule has 30 heavy (non-hydrogen) atoms. The number of para-hydroxylation sites is 1. The van der Waals surface area contributed by atoms with Crippen molar-refractivity contribution in [2.24, 2.45) is 0 Å². The minimum Gasteiger partial charge on any atom is -0.497 e. The Balaban J connectivity index is 1.33. The summed E-state index contributed by atoms with van der Waals surface area (Å²) in [6.45, 7) is 2.48. The number of amides is 1. The number of hydrogen-bond acceptors (Lipinski definition) is 5. The molecular formula is C22H23N5O2S. The molecule has 8 heteroatoms. The van der Waals surface area contributed by atoms with E-state index < -0.39 is 0 Å². The van der Waals surface area contributed by atoms with E-state index in [9.17, 15) is 4.79 Å². The van der Waals surface area contributed by atoms with E-state index in [1.165, 1.54) is 22.7 Å². The van der Waals surface area contributed by atoms with E-state index in [4.69, 9.17) is 4.74 Å². The van der Waals surface area contributed by atoms with Gasteiger partial charge in [0.2, 0.25) is 5.91 Å². The average molecular weight is 422 g/mol. The number of aryl methyl sites for hydroxylation is 1. The van der Waals surface area contributed by atoms with Crippen LogP contribution < -0.4 is 10.1 Å². The highest BCUT2D eigenvalue weighted by atomic mass is 32.2. The monoisotopic (exact) mass is 421 g/mol. The first-order valence-electron chi connectivity index (χ1n) is 9.66. The molecule has 2 N–H and O–H groups in total. The Labute approximate surface area is 178 Å². The molecule has 0 atom stereocenters. The SMILES string of the molecule is COc1ccc(-n2c(C)nnc2SCC(=O)NCCc2c[nH]c3ccccc23)cc1. The van der Waals surface area contributed by atoms with Crippen molar-refractivity contribution in [1.82, 2.24) is 25.1 Å². The minimum absolute atomic E-state index is 0.0261. The lowest BCUT2D eigenvalue weighted by atomic mass is 10.1. The fourth-order valence-electron chi connectivity index (χ4n) is 3.32. The van der Waals surface area contributed by atoms with E-state index in [1.807, 2.05) is 54.1 Å². The Morgan fingerprint density at radius 3 is 2.77 bits per heavy atom. The Morgan fingerprint density at radius 2 is 1.97 bits per heavy atom. The molecule has 0 spiro atoms. The molecule has 0 aliphatic carbocycles. The molecule has 0 saturated carbocycles. The maximum atomic E-state index is 12.3. The topological polar surface area (TPSA) is 84.8 Å². The van der Waals surface area contributed by atoms with E-state index >= 15 is 0 Å². The number of thioether (sulfide) groups is 1. The van der Waals surface area contributed by atoms with Crippen LogP contribution in [-0.4, -0.2) is 45.1 Å². The van der Waals surface area contributed by atoms with Crippen molar-refractivity contribution in [3.63, 3.8) is 0 Å². The molecule has 0 unspecified atom stereocenters. The summed E-state index contributed by atoms with van der Waals surface area (Å²) in [5.74, 6) is 1.81. The normalized spacial score (nSPS) is 11.0. The van der Waals surface area contributed by atoms with Crippen LogP contribution in [0.4, 0.5) is 0 Å². The zero-order valence-electron chi connectivity index (χ0n) is 16.9. The number of nitrogens with one attached hydrogen (secondary N) is 2. The fraction of sp³-hybridized carbons (Fsp3) is 0.227. The summed E-state index contributed by atoms with van der Waals surface area (Å²) in [4.78, 5) is 15.6. The number of fused-ring (bicyclic) bond motifs is 1. The van der Waals surface area contributed by atoms with Gasteiger partial charge in [-0.15, -0.1) is 10.2 Å². The first kappa shape index (κ1) is 20.0. The van der Waals surface area contributed by atoms with Gasteiger partial charge in [-0.25, -0.2) is 0 Å². The number of aromatic nitrogens is 4. The van der Waals surface area contributed by atoms with Gasteiger partial charge < -0.3 is 15.0 Å². The second-order valence-corrected chi connectivity index (χ2v) is 7.75. The molecular weight excluding hydrogens is 398 g/mol. The lowest BCUT2D eigenvalue weighted by Gasteiger charge is -2.09. The Morgan fingerprint density at radius 1 is 1.17 bits per heavy atom. The first-order valence-corrected chi connectivity index (χ1v) is 10.6. The number of hydrogen-bond donors (Lipinski definition) is 2. The predicted molar refractivity (Wildman–Crippen MR) is 118 cm³/mol. The number of carbonyl (C=O) groups excluding carboxylic acids is 1. The molecule has 4 rings (SSSR count). The van der Waals surface area contributed by atoms with Gasteiger partial charge in [-0.3, -0.25) is 9.36 Å². The van der Waals surface area contributed by atoms with Crippen molar-refractivity contribution in [2.45, 2.75) is 18.5 Å². The first-order chi connectivity index (χ1) is 14.7. The van der Waals surface area contributed by atoms with Gasteiger partial charge in [0.25, 0.3) is 0 Å². The van der Waals surface area contributed by atoms with Crippen molar-refractivity contribution in [2.75, 3.05) is 19.4 Å². The fourth-order valence-corrected chi connectivity index (χ4v) is 4.15. The Kier molecular flexibility index (Phi) is 6.04. The van der Waals surface area contributed by atoms with Crippen LogP contribution in [0.2, 0.25) is 0 Å². The van der Waals surface area contributed by atoms with Gasteiger partial charge in [-0.2, -0.15) is 0 Å². The van der Waals surface area contributed by atoms with Crippen LogP contribution in [0.25, 0.3) is 16.6 Å². The maximum Gasteiger partial charge on any atom is 0.230 e. The quantitative estimate of drug-likeness (QED) is 0.425. The van der Waals surface area contributed by atoms with Gasteiger partial charge in [0.1, 0.15) is 11.6 Å². The van der Waals surface area contributed by atoms with Crippen molar-refractivity contribution < 1.29 is 9.53 Å². The molecule has 2 heterocycles. The standard InChI is InChI=1S/C22H23N5O2S/c1-15-25-26-22(27(15)17-7-9-18(29-2)10-8-17)30-14-21(28)23-12-11-16-13-24-20-6-4-3-5-19(16)20/h3-10,13,24H,11-12,14H2,1-2H3,(H,23,28). The lowest BCUT2D eigenvalue weighted by molar-refractivity contribution is -0.118. The van der Waals surface area contributed by atoms with Crippen molar-refractivity contribution in [3.05, 3.63) is 66.1 Å².